The van der Waals surface area contributed by atoms with Gasteiger partial charge in [-0.05, 0) is 36.4 Å². The van der Waals surface area contributed by atoms with Crippen LogP contribution in [0.5, 0.6) is 17.2 Å². The molecule has 0 saturated carbocycles. The van der Waals surface area contributed by atoms with Crippen LogP contribution in [-0.2, 0) is 4.79 Å². The summed E-state index contributed by atoms with van der Waals surface area (Å²) in [5.74, 6) is 0.427. The van der Waals surface area contributed by atoms with E-state index in [1.54, 1.807) is 42.5 Å². The molecule has 2 aromatic carbocycles. The lowest BCUT2D eigenvalue weighted by Gasteiger charge is -2.11. The van der Waals surface area contributed by atoms with E-state index in [0.717, 1.165) is 0 Å². The molecule has 21 heavy (non-hydrogen) atoms. The molecule has 0 heterocycles. The van der Waals surface area contributed by atoms with Crippen LogP contribution >= 0.6 is 11.6 Å². The number of hydrogen-bond donors (Lipinski definition) is 1. The van der Waals surface area contributed by atoms with E-state index in [1.165, 1.54) is 7.11 Å². The Hall–Kier alpha value is -2.46. The molecule has 1 N–H and O–H groups in total. The summed E-state index contributed by atoms with van der Waals surface area (Å²) in [4.78, 5) is 11.0. The Morgan fingerprint density at radius 3 is 2.33 bits per heavy atom. The number of ether oxygens (including phenoxy) is 2. The average Bonchev–Trinajstić information content (AvgIpc) is 2.48. The molecule has 0 saturated heterocycles. The van der Waals surface area contributed by atoms with Crippen LogP contribution in [0.2, 0.25) is 5.02 Å². The van der Waals surface area contributed by atoms with E-state index < -0.39 is 5.97 Å². The van der Waals surface area contributed by atoms with Gasteiger partial charge >= 0.3 is 5.97 Å². The lowest BCUT2D eigenvalue weighted by atomic mass is 10.1. The smallest absolute Gasteiger partial charge is 0.335 e. The van der Waals surface area contributed by atoms with Crippen molar-refractivity contribution in [3.8, 4) is 17.2 Å². The van der Waals surface area contributed by atoms with Crippen molar-refractivity contribution >= 4 is 23.1 Å². The Bertz CT molecular complexity index is 677. The van der Waals surface area contributed by atoms with Gasteiger partial charge in [0.25, 0.3) is 0 Å². The highest BCUT2D eigenvalue weighted by atomic mass is 35.5. The highest BCUT2D eigenvalue weighted by Crippen LogP contribution is 2.32. The van der Waals surface area contributed by atoms with Gasteiger partial charge in [0.15, 0.2) is 0 Å². The quantitative estimate of drug-likeness (QED) is 0.839. The van der Waals surface area contributed by atoms with Crippen LogP contribution in [0.15, 0.2) is 49.0 Å². The Balaban J connectivity index is 2.28. The number of benzene rings is 2. The number of rotatable bonds is 5. The van der Waals surface area contributed by atoms with Gasteiger partial charge in [0.2, 0.25) is 0 Å². The Morgan fingerprint density at radius 1 is 1.14 bits per heavy atom. The van der Waals surface area contributed by atoms with Gasteiger partial charge in [0.1, 0.15) is 17.2 Å². The molecular weight excluding hydrogens is 292 g/mol. The van der Waals surface area contributed by atoms with Crippen LogP contribution in [-0.4, -0.2) is 18.2 Å². The maximum atomic E-state index is 11.0. The summed E-state index contributed by atoms with van der Waals surface area (Å²) in [6.07, 6.45) is 0. The van der Waals surface area contributed by atoms with Gasteiger partial charge in [-0.3, -0.25) is 0 Å². The zero-order valence-corrected chi connectivity index (χ0v) is 12.1. The third-order valence-electron chi connectivity index (χ3n) is 2.81. The van der Waals surface area contributed by atoms with Crippen molar-refractivity contribution in [3.05, 3.63) is 59.6 Å². The Kier molecular flexibility index (Phi) is 4.50. The first-order valence-electron chi connectivity index (χ1n) is 6.05. The number of aliphatic carboxylic acids is 1. The maximum absolute atomic E-state index is 11.0. The van der Waals surface area contributed by atoms with E-state index in [1.807, 2.05) is 0 Å². The molecule has 0 aromatic heterocycles. The molecule has 0 aliphatic heterocycles. The first kappa shape index (κ1) is 14.9. The summed E-state index contributed by atoms with van der Waals surface area (Å²) in [5, 5.41) is 9.61. The van der Waals surface area contributed by atoms with Gasteiger partial charge in [-0.2, -0.15) is 0 Å². The van der Waals surface area contributed by atoms with Gasteiger partial charge in [0, 0.05) is 16.7 Å². The summed E-state index contributed by atoms with van der Waals surface area (Å²) >= 11 is 5.81. The minimum atomic E-state index is -1.10. The van der Waals surface area contributed by atoms with Crippen LogP contribution in [0.4, 0.5) is 0 Å². The molecule has 4 nitrogen and oxygen atoms in total. The second-order valence-electron chi connectivity index (χ2n) is 4.20. The number of hydrogen-bond acceptors (Lipinski definition) is 3. The summed E-state index contributed by atoms with van der Waals surface area (Å²) < 4.78 is 10.8. The summed E-state index contributed by atoms with van der Waals surface area (Å²) in [5.41, 5.74) is 0.373. The summed E-state index contributed by atoms with van der Waals surface area (Å²) in [6, 6.07) is 11.8. The van der Waals surface area contributed by atoms with Crippen molar-refractivity contribution in [2.75, 3.05) is 7.11 Å². The number of carbonyl (C=O) groups is 1. The largest absolute Gasteiger partial charge is 0.496 e. The van der Waals surface area contributed by atoms with Gasteiger partial charge in [0.05, 0.1) is 12.7 Å². The molecule has 2 aromatic rings. The highest BCUT2D eigenvalue weighted by Gasteiger charge is 2.14. The molecule has 0 unspecified atom stereocenters. The normalized spacial score (nSPS) is 10.0. The second kappa shape index (κ2) is 6.33. The Morgan fingerprint density at radius 2 is 1.76 bits per heavy atom. The third-order valence-corrected chi connectivity index (χ3v) is 3.06. The minimum Gasteiger partial charge on any atom is -0.496 e. The molecule has 0 bridgehead atoms. The highest BCUT2D eigenvalue weighted by molar-refractivity contribution is 6.30. The van der Waals surface area contributed by atoms with E-state index >= 15 is 0 Å². The zero-order valence-electron chi connectivity index (χ0n) is 11.3. The van der Waals surface area contributed by atoms with E-state index in [4.69, 9.17) is 26.2 Å². The van der Waals surface area contributed by atoms with E-state index in [0.29, 0.717) is 27.8 Å². The predicted molar refractivity (Wildman–Crippen MR) is 81.2 cm³/mol. The van der Waals surface area contributed by atoms with Crippen molar-refractivity contribution in [1.29, 1.82) is 0 Å². The first-order chi connectivity index (χ1) is 10.0. The molecule has 5 heteroatoms. The summed E-state index contributed by atoms with van der Waals surface area (Å²) in [7, 11) is 1.46. The van der Waals surface area contributed by atoms with Crippen molar-refractivity contribution in [2.24, 2.45) is 0 Å². The Labute approximate surface area is 127 Å². The van der Waals surface area contributed by atoms with Crippen LogP contribution in [0.1, 0.15) is 5.56 Å². The fourth-order valence-electron chi connectivity index (χ4n) is 1.74. The molecule has 0 radical (unpaired) electrons. The molecular formula is C16H13ClO4. The van der Waals surface area contributed by atoms with E-state index in [9.17, 15) is 4.79 Å². The molecule has 0 spiro atoms. The lowest BCUT2D eigenvalue weighted by molar-refractivity contribution is -0.130. The first-order valence-corrected chi connectivity index (χ1v) is 6.43. The molecule has 0 fully saturated rings. The fourth-order valence-corrected chi connectivity index (χ4v) is 1.86. The zero-order chi connectivity index (χ0) is 15.4. The number of halogens is 1. The standard InChI is InChI=1S/C16H13ClO4/c1-10(16(18)19)14-8-7-13(9-15(14)20-2)21-12-5-3-11(17)4-6-12/h3-9H,1H2,2H3,(H,18,19). The fraction of sp³-hybridized carbons (Fsp3) is 0.0625. The van der Waals surface area contributed by atoms with Gasteiger partial charge < -0.3 is 14.6 Å². The SMILES string of the molecule is C=C(C(=O)O)c1ccc(Oc2ccc(Cl)cc2)cc1OC. The topological polar surface area (TPSA) is 55.8 Å². The summed E-state index contributed by atoms with van der Waals surface area (Å²) in [6.45, 7) is 3.52. The van der Waals surface area contributed by atoms with Crippen LogP contribution in [0.3, 0.4) is 0 Å². The molecule has 0 aliphatic carbocycles. The number of carboxylic acid groups (broad SMARTS) is 1. The predicted octanol–water partition coefficient (Wildman–Crippen LogP) is 4.24. The minimum absolute atomic E-state index is 0.0371. The average molecular weight is 305 g/mol. The van der Waals surface area contributed by atoms with Crippen molar-refractivity contribution < 1.29 is 19.4 Å². The lowest BCUT2D eigenvalue weighted by Crippen LogP contribution is -2.00. The third kappa shape index (κ3) is 3.55. The molecule has 0 atom stereocenters. The second-order valence-corrected chi connectivity index (χ2v) is 4.64. The molecule has 0 amide bonds. The molecule has 0 aliphatic rings. The van der Waals surface area contributed by atoms with Crippen LogP contribution in [0.25, 0.3) is 5.57 Å². The van der Waals surface area contributed by atoms with Crippen LogP contribution < -0.4 is 9.47 Å². The van der Waals surface area contributed by atoms with Gasteiger partial charge in [-0.25, -0.2) is 4.79 Å². The van der Waals surface area contributed by atoms with Crippen molar-refractivity contribution in [2.45, 2.75) is 0 Å². The van der Waals surface area contributed by atoms with E-state index in [2.05, 4.69) is 6.58 Å². The van der Waals surface area contributed by atoms with Gasteiger partial charge in [-0.1, -0.05) is 18.2 Å². The molecule has 108 valence electrons. The van der Waals surface area contributed by atoms with E-state index in [-0.39, 0.29) is 5.57 Å². The number of carboxylic acids is 1. The van der Waals surface area contributed by atoms with Crippen LogP contribution in [0, 0.1) is 0 Å². The maximum Gasteiger partial charge on any atom is 0.335 e. The molecule has 2 rings (SSSR count). The van der Waals surface area contributed by atoms with Gasteiger partial charge in [-0.15, -0.1) is 0 Å². The number of methoxy groups -OCH3 is 1. The van der Waals surface area contributed by atoms with Crippen molar-refractivity contribution in [1.82, 2.24) is 0 Å². The van der Waals surface area contributed by atoms with Crippen molar-refractivity contribution in [3.63, 3.8) is 0 Å². The monoisotopic (exact) mass is 304 g/mol.